The van der Waals surface area contributed by atoms with Gasteiger partial charge in [0.05, 0.1) is 13.1 Å². The molecule has 2 aromatic rings. The van der Waals surface area contributed by atoms with Crippen LogP contribution < -0.4 is 5.32 Å². The summed E-state index contributed by atoms with van der Waals surface area (Å²) in [4.78, 5) is 6.62. The molecule has 112 valence electrons. The van der Waals surface area contributed by atoms with Crippen LogP contribution in [0.2, 0.25) is 0 Å². The number of hydrogen-bond donors (Lipinski definition) is 1. The van der Waals surface area contributed by atoms with Gasteiger partial charge in [-0.3, -0.25) is 9.88 Å². The van der Waals surface area contributed by atoms with Gasteiger partial charge >= 0.3 is 0 Å². The summed E-state index contributed by atoms with van der Waals surface area (Å²) in [5.74, 6) is 2.07. The topological polar surface area (TPSA) is 41.3 Å². The Morgan fingerprint density at radius 3 is 2.86 bits per heavy atom. The first kappa shape index (κ1) is 14.3. The first-order valence-corrected chi connectivity index (χ1v) is 7.69. The summed E-state index contributed by atoms with van der Waals surface area (Å²) in [5.41, 5.74) is 1.14. The number of nitrogens with one attached hydrogen (secondary N) is 1. The number of likely N-dealkylation sites (N-methyl/N-ethyl adjacent to an activating group) is 1. The fourth-order valence-corrected chi connectivity index (χ4v) is 2.33. The van der Waals surface area contributed by atoms with Crippen molar-refractivity contribution in [2.45, 2.75) is 38.4 Å². The van der Waals surface area contributed by atoms with Crippen molar-refractivity contribution in [2.75, 3.05) is 13.6 Å². The average molecular weight is 285 g/mol. The fraction of sp³-hybridized carbons (Fsp3) is 0.471. The lowest BCUT2D eigenvalue weighted by atomic mass is 10.2. The van der Waals surface area contributed by atoms with Crippen molar-refractivity contribution in [1.82, 2.24) is 15.2 Å². The summed E-state index contributed by atoms with van der Waals surface area (Å²) in [6.07, 6.45) is 5.43. The van der Waals surface area contributed by atoms with Gasteiger partial charge in [-0.15, -0.1) is 0 Å². The molecule has 0 saturated heterocycles. The van der Waals surface area contributed by atoms with Crippen LogP contribution in [0.5, 0.6) is 0 Å². The van der Waals surface area contributed by atoms with E-state index in [1.165, 1.54) is 12.8 Å². The molecule has 0 aromatic carbocycles. The van der Waals surface area contributed by atoms with Gasteiger partial charge in [0.25, 0.3) is 0 Å². The maximum Gasteiger partial charge on any atom is 0.118 e. The molecule has 21 heavy (non-hydrogen) atoms. The molecular weight excluding hydrogens is 262 g/mol. The van der Waals surface area contributed by atoms with Crippen molar-refractivity contribution in [2.24, 2.45) is 0 Å². The third kappa shape index (κ3) is 4.69. The highest BCUT2D eigenvalue weighted by molar-refractivity contribution is 5.08. The minimum atomic E-state index is 0.722. The van der Waals surface area contributed by atoms with Crippen molar-refractivity contribution in [3.63, 3.8) is 0 Å². The molecule has 3 rings (SSSR count). The molecule has 2 heterocycles. The van der Waals surface area contributed by atoms with Crippen LogP contribution >= 0.6 is 0 Å². The van der Waals surface area contributed by atoms with E-state index in [-0.39, 0.29) is 0 Å². The van der Waals surface area contributed by atoms with Crippen molar-refractivity contribution in [3.05, 3.63) is 53.7 Å². The molecule has 0 amide bonds. The van der Waals surface area contributed by atoms with E-state index in [1.54, 1.807) is 0 Å². The van der Waals surface area contributed by atoms with Crippen molar-refractivity contribution in [1.29, 1.82) is 0 Å². The Morgan fingerprint density at radius 1 is 1.24 bits per heavy atom. The van der Waals surface area contributed by atoms with Gasteiger partial charge in [0.15, 0.2) is 0 Å². The zero-order valence-corrected chi connectivity index (χ0v) is 12.6. The Balaban J connectivity index is 1.42. The highest BCUT2D eigenvalue weighted by Crippen LogP contribution is 2.19. The fourth-order valence-electron chi connectivity index (χ4n) is 2.33. The highest BCUT2D eigenvalue weighted by atomic mass is 16.3. The van der Waals surface area contributed by atoms with Crippen molar-refractivity contribution < 1.29 is 4.42 Å². The van der Waals surface area contributed by atoms with E-state index in [2.05, 4.69) is 40.4 Å². The first-order valence-electron chi connectivity index (χ1n) is 7.69. The highest BCUT2D eigenvalue weighted by Gasteiger charge is 2.20. The maximum absolute atomic E-state index is 5.86. The lowest BCUT2D eigenvalue weighted by Gasteiger charge is -2.14. The Morgan fingerprint density at radius 2 is 2.10 bits per heavy atom. The van der Waals surface area contributed by atoms with E-state index < -0.39 is 0 Å². The standard InChI is InChI=1S/C17H23N3O/c1-20(11-9-14-4-2-3-10-18-14)13-17-8-7-16(21-17)12-19-15-5-6-15/h2-4,7-8,10,15,19H,5-6,9,11-13H2,1H3. The molecule has 4 heteroatoms. The summed E-state index contributed by atoms with van der Waals surface area (Å²) in [6.45, 7) is 2.67. The van der Waals surface area contributed by atoms with Gasteiger partial charge in [0, 0.05) is 30.9 Å². The van der Waals surface area contributed by atoms with Crippen LogP contribution in [0.3, 0.4) is 0 Å². The SMILES string of the molecule is CN(CCc1ccccn1)Cc1ccc(CNC2CC2)o1. The van der Waals surface area contributed by atoms with Crippen LogP contribution in [0.15, 0.2) is 40.9 Å². The van der Waals surface area contributed by atoms with Crippen molar-refractivity contribution in [3.8, 4) is 0 Å². The number of rotatable bonds is 8. The van der Waals surface area contributed by atoms with Crippen molar-refractivity contribution >= 4 is 0 Å². The summed E-state index contributed by atoms with van der Waals surface area (Å²) in [6, 6.07) is 10.9. The van der Waals surface area contributed by atoms with E-state index in [4.69, 9.17) is 4.42 Å². The molecule has 2 aromatic heterocycles. The summed E-state index contributed by atoms with van der Waals surface area (Å²) >= 11 is 0. The van der Waals surface area contributed by atoms with E-state index in [0.29, 0.717) is 0 Å². The second-order valence-corrected chi connectivity index (χ2v) is 5.83. The van der Waals surface area contributed by atoms with Gasteiger partial charge in [-0.25, -0.2) is 0 Å². The molecule has 0 radical (unpaired) electrons. The Bertz CT molecular complexity index is 548. The summed E-state index contributed by atoms with van der Waals surface area (Å²) in [7, 11) is 2.12. The molecule has 1 aliphatic carbocycles. The van der Waals surface area contributed by atoms with E-state index in [9.17, 15) is 0 Å². The van der Waals surface area contributed by atoms with Crippen LogP contribution in [-0.4, -0.2) is 29.5 Å². The normalized spacial score (nSPS) is 14.8. The molecule has 1 saturated carbocycles. The van der Waals surface area contributed by atoms with Crippen LogP contribution in [0.1, 0.15) is 30.1 Å². The van der Waals surface area contributed by atoms with Crippen LogP contribution in [0, 0.1) is 0 Å². The number of furan rings is 1. The molecule has 0 spiro atoms. The summed E-state index contributed by atoms with van der Waals surface area (Å²) < 4.78 is 5.86. The Kier molecular flexibility index (Phi) is 4.68. The predicted octanol–water partition coefficient (Wildman–Crippen LogP) is 2.60. The summed E-state index contributed by atoms with van der Waals surface area (Å²) in [5, 5.41) is 3.47. The molecule has 1 fully saturated rings. The molecule has 4 nitrogen and oxygen atoms in total. The number of nitrogens with zero attached hydrogens (tertiary/aromatic N) is 2. The second kappa shape index (κ2) is 6.87. The van der Waals surface area contributed by atoms with Gasteiger partial charge in [0.2, 0.25) is 0 Å². The maximum atomic E-state index is 5.86. The third-order valence-corrected chi connectivity index (χ3v) is 3.76. The molecule has 0 unspecified atom stereocenters. The van der Waals surface area contributed by atoms with Crippen LogP contribution in [0.25, 0.3) is 0 Å². The smallest absolute Gasteiger partial charge is 0.118 e. The van der Waals surface area contributed by atoms with Gasteiger partial charge in [-0.1, -0.05) is 6.07 Å². The monoisotopic (exact) mass is 285 g/mol. The second-order valence-electron chi connectivity index (χ2n) is 5.83. The third-order valence-electron chi connectivity index (χ3n) is 3.76. The number of pyridine rings is 1. The molecule has 0 aliphatic heterocycles. The van der Waals surface area contributed by atoms with E-state index >= 15 is 0 Å². The Labute approximate surface area is 126 Å². The molecule has 1 N–H and O–H groups in total. The number of aromatic nitrogens is 1. The number of hydrogen-bond acceptors (Lipinski definition) is 4. The molecular formula is C17H23N3O. The molecule has 1 aliphatic rings. The Hall–Kier alpha value is -1.65. The minimum Gasteiger partial charge on any atom is -0.463 e. The minimum absolute atomic E-state index is 0.722. The zero-order chi connectivity index (χ0) is 14.5. The van der Waals surface area contributed by atoms with Crippen LogP contribution in [-0.2, 0) is 19.5 Å². The lowest BCUT2D eigenvalue weighted by molar-refractivity contribution is 0.291. The predicted molar refractivity (Wildman–Crippen MR) is 82.8 cm³/mol. The molecule has 0 atom stereocenters. The molecule has 0 bridgehead atoms. The van der Waals surface area contributed by atoms with Gasteiger partial charge in [-0.2, -0.15) is 0 Å². The quantitative estimate of drug-likeness (QED) is 0.809. The van der Waals surface area contributed by atoms with E-state index in [0.717, 1.165) is 49.3 Å². The van der Waals surface area contributed by atoms with Gasteiger partial charge in [-0.05, 0) is 44.2 Å². The van der Waals surface area contributed by atoms with Gasteiger partial charge in [0.1, 0.15) is 11.5 Å². The van der Waals surface area contributed by atoms with Crippen LogP contribution in [0.4, 0.5) is 0 Å². The van der Waals surface area contributed by atoms with Gasteiger partial charge < -0.3 is 9.73 Å². The lowest BCUT2D eigenvalue weighted by Crippen LogP contribution is -2.20. The first-order chi connectivity index (χ1) is 10.3. The zero-order valence-electron chi connectivity index (χ0n) is 12.6. The average Bonchev–Trinajstić information content (AvgIpc) is 3.24. The van der Waals surface area contributed by atoms with E-state index in [1.807, 2.05) is 18.3 Å². The largest absolute Gasteiger partial charge is 0.463 e.